The van der Waals surface area contributed by atoms with E-state index in [1.807, 2.05) is 0 Å². The Bertz CT molecular complexity index is 637. The summed E-state index contributed by atoms with van der Waals surface area (Å²) in [5.74, 6) is 2.01. The second-order valence-corrected chi connectivity index (χ2v) is 6.77. The summed E-state index contributed by atoms with van der Waals surface area (Å²) in [5, 5.41) is 9.95. The molecule has 2 aromatic rings. The zero-order valence-electron chi connectivity index (χ0n) is 13.9. The van der Waals surface area contributed by atoms with Gasteiger partial charge in [0.15, 0.2) is 5.16 Å². The molecule has 124 valence electrons. The quantitative estimate of drug-likeness (QED) is 0.600. The van der Waals surface area contributed by atoms with Crippen LogP contribution in [-0.4, -0.2) is 46.8 Å². The van der Waals surface area contributed by atoms with Gasteiger partial charge in [-0.15, -0.1) is 10.2 Å². The second kappa shape index (κ2) is 7.84. The molecule has 3 rings (SSSR count). The van der Waals surface area contributed by atoms with E-state index in [-0.39, 0.29) is 0 Å². The lowest BCUT2D eigenvalue weighted by Gasteiger charge is -2.28. The van der Waals surface area contributed by atoms with Gasteiger partial charge in [0.2, 0.25) is 5.95 Å². The number of thioether (sulfide) groups is 1. The second-order valence-electron chi connectivity index (χ2n) is 5.71. The normalized spacial score (nSPS) is 15.1. The van der Waals surface area contributed by atoms with Gasteiger partial charge in [0.05, 0.1) is 18.9 Å². The van der Waals surface area contributed by atoms with Crippen molar-refractivity contribution in [1.82, 2.24) is 14.8 Å². The number of hydrogen-bond donors (Lipinski definition) is 0. The van der Waals surface area contributed by atoms with Crippen LogP contribution in [0.5, 0.6) is 0 Å². The molecule has 0 radical (unpaired) electrons. The van der Waals surface area contributed by atoms with E-state index in [9.17, 15) is 0 Å². The fraction of sp³-hybridized carbons (Fsp3) is 0.529. The van der Waals surface area contributed by atoms with Gasteiger partial charge in [0, 0.05) is 18.8 Å². The molecule has 0 atom stereocenters. The Balaban J connectivity index is 1.97. The summed E-state index contributed by atoms with van der Waals surface area (Å²) in [5.41, 5.74) is 2.40. The van der Waals surface area contributed by atoms with Gasteiger partial charge in [0.1, 0.15) is 0 Å². The predicted molar refractivity (Wildman–Crippen MR) is 94.8 cm³/mol. The Labute approximate surface area is 142 Å². The molecule has 5 nitrogen and oxygen atoms in total. The number of hydrogen-bond acceptors (Lipinski definition) is 5. The maximum absolute atomic E-state index is 5.47. The lowest BCUT2D eigenvalue weighted by molar-refractivity contribution is 0.122. The number of nitrogens with zero attached hydrogens (tertiary/aromatic N) is 4. The largest absolute Gasteiger partial charge is 0.378 e. The highest BCUT2D eigenvalue weighted by Gasteiger charge is 2.22. The van der Waals surface area contributed by atoms with Gasteiger partial charge in [-0.05, 0) is 25.0 Å². The van der Waals surface area contributed by atoms with Crippen molar-refractivity contribution >= 4 is 17.7 Å². The van der Waals surface area contributed by atoms with Gasteiger partial charge in [-0.1, -0.05) is 43.3 Å². The van der Waals surface area contributed by atoms with Gasteiger partial charge in [0.25, 0.3) is 0 Å². The molecular formula is C17H24N4OS. The van der Waals surface area contributed by atoms with E-state index in [0.29, 0.717) is 0 Å². The van der Waals surface area contributed by atoms with Crippen LogP contribution < -0.4 is 4.90 Å². The van der Waals surface area contributed by atoms with E-state index in [2.05, 4.69) is 57.8 Å². The van der Waals surface area contributed by atoms with Crippen LogP contribution in [0.1, 0.15) is 25.3 Å². The maximum Gasteiger partial charge on any atom is 0.232 e. The first kappa shape index (κ1) is 16.3. The first-order chi connectivity index (χ1) is 11.3. The van der Waals surface area contributed by atoms with Gasteiger partial charge < -0.3 is 9.64 Å². The van der Waals surface area contributed by atoms with Crippen molar-refractivity contribution in [1.29, 1.82) is 0 Å². The Morgan fingerprint density at radius 3 is 2.70 bits per heavy atom. The number of rotatable bonds is 6. The van der Waals surface area contributed by atoms with Crippen LogP contribution in [0.15, 0.2) is 29.4 Å². The number of benzene rings is 1. The van der Waals surface area contributed by atoms with E-state index in [1.54, 1.807) is 11.8 Å². The number of para-hydroxylation sites is 1. The Kier molecular flexibility index (Phi) is 5.56. The molecule has 1 fully saturated rings. The van der Waals surface area contributed by atoms with E-state index in [4.69, 9.17) is 4.74 Å². The SMILES string of the molecule is CCCCSc1nnc(N2CCOCC2)n1-c1ccccc1C. The number of anilines is 1. The average Bonchev–Trinajstić information content (AvgIpc) is 3.00. The van der Waals surface area contributed by atoms with Crippen molar-refractivity contribution in [2.24, 2.45) is 0 Å². The summed E-state index contributed by atoms with van der Waals surface area (Å²) >= 11 is 1.79. The summed E-state index contributed by atoms with van der Waals surface area (Å²) in [4.78, 5) is 2.27. The van der Waals surface area contributed by atoms with Crippen LogP contribution in [0.4, 0.5) is 5.95 Å². The molecule has 1 saturated heterocycles. The number of aromatic nitrogens is 3. The Morgan fingerprint density at radius 1 is 1.17 bits per heavy atom. The van der Waals surface area contributed by atoms with Gasteiger partial charge >= 0.3 is 0 Å². The Morgan fingerprint density at radius 2 is 1.96 bits per heavy atom. The number of unbranched alkanes of at least 4 members (excludes halogenated alkanes) is 1. The zero-order valence-corrected chi connectivity index (χ0v) is 14.7. The van der Waals surface area contributed by atoms with Crippen molar-refractivity contribution in [3.8, 4) is 5.69 Å². The van der Waals surface area contributed by atoms with E-state index in [0.717, 1.165) is 48.8 Å². The average molecular weight is 332 g/mol. The third kappa shape index (κ3) is 3.70. The summed E-state index contributed by atoms with van der Waals surface area (Å²) in [7, 11) is 0. The number of aryl methyl sites for hydroxylation is 1. The molecule has 1 aromatic heterocycles. The maximum atomic E-state index is 5.47. The van der Waals surface area contributed by atoms with Crippen LogP contribution in [0, 0.1) is 6.92 Å². The number of ether oxygens (including phenoxy) is 1. The van der Waals surface area contributed by atoms with Crippen LogP contribution in [0.3, 0.4) is 0 Å². The molecule has 2 heterocycles. The fourth-order valence-electron chi connectivity index (χ4n) is 2.66. The highest BCUT2D eigenvalue weighted by molar-refractivity contribution is 7.99. The molecule has 1 aromatic carbocycles. The summed E-state index contributed by atoms with van der Waals surface area (Å²) in [6, 6.07) is 8.43. The predicted octanol–water partition coefficient (Wildman–Crippen LogP) is 3.30. The first-order valence-corrected chi connectivity index (χ1v) is 9.26. The van der Waals surface area contributed by atoms with Crippen LogP contribution in [-0.2, 0) is 4.74 Å². The smallest absolute Gasteiger partial charge is 0.232 e. The van der Waals surface area contributed by atoms with Crippen molar-refractivity contribution in [2.45, 2.75) is 31.8 Å². The lowest BCUT2D eigenvalue weighted by Crippen LogP contribution is -2.38. The van der Waals surface area contributed by atoms with E-state index in [1.165, 1.54) is 18.4 Å². The molecule has 0 bridgehead atoms. The minimum atomic E-state index is 0.749. The molecule has 6 heteroatoms. The lowest BCUT2D eigenvalue weighted by atomic mass is 10.2. The third-order valence-corrected chi connectivity index (χ3v) is 5.01. The summed E-state index contributed by atoms with van der Waals surface area (Å²) < 4.78 is 7.68. The van der Waals surface area contributed by atoms with Crippen molar-refractivity contribution in [2.75, 3.05) is 37.0 Å². The Hall–Kier alpha value is -1.53. The first-order valence-electron chi connectivity index (χ1n) is 8.28. The van der Waals surface area contributed by atoms with Gasteiger partial charge in [-0.25, -0.2) is 0 Å². The molecule has 0 N–H and O–H groups in total. The molecule has 1 aliphatic rings. The number of morpholine rings is 1. The van der Waals surface area contributed by atoms with Crippen molar-refractivity contribution < 1.29 is 4.74 Å². The molecular weight excluding hydrogens is 308 g/mol. The molecule has 23 heavy (non-hydrogen) atoms. The topological polar surface area (TPSA) is 43.2 Å². The van der Waals surface area contributed by atoms with Gasteiger partial charge in [-0.2, -0.15) is 0 Å². The minimum Gasteiger partial charge on any atom is -0.378 e. The van der Waals surface area contributed by atoms with Gasteiger partial charge in [-0.3, -0.25) is 4.57 Å². The van der Waals surface area contributed by atoms with Crippen molar-refractivity contribution in [3.05, 3.63) is 29.8 Å². The van der Waals surface area contributed by atoms with E-state index < -0.39 is 0 Å². The molecule has 0 amide bonds. The third-order valence-electron chi connectivity index (χ3n) is 4.00. The monoisotopic (exact) mass is 332 g/mol. The van der Waals surface area contributed by atoms with Crippen LogP contribution in [0.2, 0.25) is 0 Å². The van der Waals surface area contributed by atoms with E-state index >= 15 is 0 Å². The summed E-state index contributed by atoms with van der Waals surface area (Å²) in [6.07, 6.45) is 2.39. The molecule has 0 saturated carbocycles. The highest BCUT2D eigenvalue weighted by Crippen LogP contribution is 2.29. The zero-order chi connectivity index (χ0) is 16.1. The van der Waals surface area contributed by atoms with Crippen LogP contribution >= 0.6 is 11.8 Å². The van der Waals surface area contributed by atoms with Crippen LogP contribution in [0.25, 0.3) is 5.69 Å². The molecule has 0 aliphatic carbocycles. The fourth-order valence-corrected chi connectivity index (χ4v) is 3.68. The molecule has 0 spiro atoms. The highest BCUT2D eigenvalue weighted by atomic mass is 32.2. The minimum absolute atomic E-state index is 0.749. The molecule has 1 aliphatic heterocycles. The van der Waals surface area contributed by atoms with Crippen molar-refractivity contribution in [3.63, 3.8) is 0 Å². The molecule has 0 unspecified atom stereocenters. The standard InChI is InChI=1S/C17H24N4OS/c1-3-4-13-23-17-19-18-16(20-9-11-22-12-10-20)21(17)15-8-6-5-7-14(15)2/h5-8H,3-4,9-13H2,1-2H3. The summed E-state index contributed by atoms with van der Waals surface area (Å²) in [6.45, 7) is 7.58.